The van der Waals surface area contributed by atoms with Gasteiger partial charge in [0.1, 0.15) is 0 Å². The zero-order chi connectivity index (χ0) is 18.6. The lowest BCUT2D eigenvalue weighted by molar-refractivity contribution is -0.120. The third-order valence-electron chi connectivity index (χ3n) is 4.32. The Bertz CT molecular complexity index is 653. The largest absolute Gasteiger partial charge is 0.355 e. The number of unbranched alkanes of at least 4 members (excludes halogenated alkanes) is 2. The molecule has 0 radical (unpaired) electrons. The fraction of sp³-hybridized carbons (Fsp3) is 0.429. The SMILES string of the molecule is O=C(CS)NCCCCCC(=O)NC1=CCCCC(c2ccccc2)=C1. The van der Waals surface area contributed by atoms with E-state index in [1.165, 1.54) is 11.1 Å². The van der Waals surface area contributed by atoms with Crippen molar-refractivity contribution in [2.75, 3.05) is 12.3 Å². The van der Waals surface area contributed by atoms with E-state index in [1.54, 1.807) is 0 Å². The molecule has 1 aromatic rings. The Balaban J connectivity index is 1.75. The lowest BCUT2D eigenvalue weighted by atomic mass is 10.0. The Morgan fingerprint density at radius 2 is 1.85 bits per heavy atom. The molecule has 0 atom stereocenters. The highest BCUT2D eigenvalue weighted by Crippen LogP contribution is 2.25. The first-order chi connectivity index (χ1) is 12.7. The maximum atomic E-state index is 12.2. The fourth-order valence-electron chi connectivity index (χ4n) is 2.93. The van der Waals surface area contributed by atoms with Crippen molar-refractivity contribution < 1.29 is 9.59 Å². The molecule has 0 saturated heterocycles. The molecule has 0 heterocycles. The molecule has 5 heteroatoms. The number of rotatable bonds is 9. The number of nitrogens with one attached hydrogen (secondary N) is 2. The molecule has 0 unspecified atom stereocenters. The van der Waals surface area contributed by atoms with Crippen molar-refractivity contribution in [2.45, 2.75) is 44.9 Å². The van der Waals surface area contributed by atoms with Crippen LogP contribution in [0.25, 0.3) is 5.57 Å². The molecule has 1 aromatic carbocycles. The minimum absolute atomic E-state index is 0.0487. The van der Waals surface area contributed by atoms with Crippen LogP contribution in [0, 0.1) is 0 Å². The lowest BCUT2D eigenvalue weighted by Crippen LogP contribution is -2.25. The quantitative estimate of drug-likeness (QED) is 0.455. The number of carbonyl (C=O) groups excluding carboxylic acids is 2. The lowest BCUT2D eigenvalue weighted by Gasteiger charge is -2.09. The van der Waals surface area contributed by atoms with Gasteiger partial charge in [0.05, 0.1) is 5.75 Å². The molecule has 1 aliphatic carbocycles. The highest BCUT2D eigenvalue weighted by Gasteiger charge is 2.09. The minimum Gasteiger partial charge on any atom is -0.355 e. The van der Waals surface area contributed by atoms with Gasteiger partial charge in [-0.2, -0.15) is 12.6 Å². The standard InChI is InChI=1S/C21H28N2O2S/c24-20(13-5-2-8-14-22-21(25)16-26)23-19-12-7-6-11-18(15-19)17-9-3-1-4-10-17/h1,3-4,9-10,12,15,26H,2,5-8,11,13-14,16H2,(H,22,25)(H,23,24). The molecule has 2 amide bonds. The average molecular weight is 373 g/mol. The second kappa shape index (κ2) is 11.6. The van der Waals surface area contributed by atoms with Crippen molar-refractivity contribution >= 4 is 30.0 Å². The van der Waals surface area contributed by atoms with Crippen molar-refractivity contribution in [3.8, 4) is 0 Å². The first-order valence-electron chi connectivity index (χ1n) is 9.32. The van der Waals surface area contributed by atoms with Crippen molar-refractivity contribution in [2.24, 2.45) is 0 Å². The Labute approximate surface area is 161 Å². The van der Waals surface area contributed by atoms with E-state index in [4.69, 9.17) is 0 Å². The van der Waals surface area contributed by atoms with Gasteiger partial charge in [-0.05, 0) is 49.3 Å². The molecule has 2 N–H and O–H groups in total. The summed E-state index contributed by atoms with van der Waals surface area (Å²) >= 11 is 3.91. The Morgan fingerprint density at radius 1 is 1.04 bits per heavy atom. The number of carbonyl (C=O) groups is 2. The predicted molar refractivity (Wildman–Crippen MR) is 110 cm³/mol. The summed E-state index contributed by atoms with van der Waals surface area (Å²) in [7, 11) is 0. The van der Waals surface area contributed by atoms with Gasteiger partial charge < -0.3 is 10.6 Å². The summed E-state index contributed by atoms with van der Waals surface area (Å²) in [5, 5.41) is 5.82. The van der Waals surface area contributed by atoms with Crippen molar-refractivity contribution in [1.82, 2.24) is 10.6 Å². The molecule has 4 nitrogen and oxygen atoms in total. The number of thiol groups is 1. The van der Waals surface area contributed by atoms with Gasteiger partial charge >= 0.3 is 0 Å². The van der Waals surface area contributed by atoms with Crippen molar-refractivity contribution in [3.63, 3.8) is 0 Å². The van der Waals surface area contributed by atoms with E-state index in [2.05, 4.69) is 47.5 Å². The van der Waals surface area contributed by atoms with Crippen LogP contribution < -0.4 is 10.6 Å². The van der Waals surface area contributed by atoms with E-state index in [9.17, 15) is 9.59 Å². The van der Waals surface area contributed by atoms with Gasteiger partial charge in [-0.25, -0.2) is 0 Å². The molecular formula is C21H28N2O2S. The second-order valence-electron chi connectivity index (χ2n) is 6.45. The highest BCUT2D eigenvalue weighted by molar-refractivity contribution is 7.81. The summed E-state index contributed by atoms with van der Waals surface area (Å²) < 4.78 is 0. The van der Waals surface area contributed by atoms with Crippen LogP contribution >= 0.6 is 12.6 Å². The Kier molecular flexibility index (Phi) is 9.04. The monoisotopic (exact) mass is 372 g/mol. The summed E-state index contributed by atoms with van der Waals surface area (Å²) in [5.41, 5.74) is 3.40. The molecule has 140 valence electrons. The van der Waals surface area contributed by atoms with Gasteiger partial charge in [0.15, 0.2) is 0 Å². The number of hydrogen-bond donors (Lipinski definition) is 3. The number of amides is 2. The molecule has 0 fully saturated rings. The smallest absolute Gasteiger partial charge is 0.229 e. The maximum absolute atomic E-state index is 12.2. The number of benzene rings is 1. The number of hydrogen-bond acceptors (Lipinski definition) is 3. The molecule has 0 aromatic heterocycles. The fourth-order valence-corrected chi connectivity index (χ4v) is 3.04. The molecular weight excluding hydrogens is 344 g/mol. The van der Waals surface area contributed by atoms with E-state index in [0.717, 1.165) is 44.2 Å². The van der Waals surface area contributed by atoms with Gasteiger partial charge in [-0.15, -0.1) is 0 Å². The molecule has 1 aliphatic rings. The van der Waals surface area contributed by atoms with Crippen LogP contribution in [-0.2, 0) is 9.59 Å². The van der Waals surface area contributed by atoms with E-state index in [-0.39, 0.29) is 17.6 Å². The molecule has 0 aliphatic heterocycles. The summed E-state index contributed by atoms with van der Waals surface area (Å²) in [6.07, 6.45) is 10.5. The van der Waals surface area contributed by atoms with E-state index < -0.39 is 0 Å². The summed E-state index contributed by atoms with van der Waals surface area (Å²) in [4.78, 5) is 23.3. The topological polar surface area (TPSA) is 58.2 Å². The van der Waals surface area contributed by atoms with Crippen LogP contribution in [0.15, 0.2) is 48.2 Å². The Morgan fingerprint density at radius 3 is 2.62 bits per heavy atom. The molecule has 0 spiro atoms. The Hall–Kier alpha value is -2.01. The van der Waals surface area contributed by atoms with Gasteiger partial charge in [-0.3, -0.25) is 9.59 Å². The van der Waals surface area contributed by atoms with Crippen LogP contribution in [0.1, 0.15) is 50.5 Å². The van der Waals surface area contributed by atoms with E-state index in [1.807, 2.05) is 18.2 Å². The van der Waals surface area contributed by atoms with Gasteiger partial charge in [0.25, 0.3) is 0 Å². The summed E-state index contributed by atoms with van der Waals surface area (Å²) in [6.45, 7) is 0.648. The van der Waals surface area contributed by atoms with Crippen LogP contribution in [0.5, 0.6) is 0 Å². The molecule has 2 rings (SSSR count). The third-order valence-corrected chi connectivity index (χ3v) is 4.61. The van der Waals surface area contributed by atoms with Crippen molar-refractivity contribution in [1.29, 1.82) is 0 Å². The normalized spacial score (nSPS) is 14.0. The first-order valence-corrected chi connectivity index (χ1v) is 9.96. The van der Waals surface area contributed by atoms with Crippen LogP contribution in [0.4, 0.5) is 0 Å². The van der Waals surface area contributed by atoms with Crippen molar-refractivity contribution in [3.05, 3.63) is 53.7 Å². The first kappa shape index (κ1) is 20.3. The van der Waals surface area contributed by atoms with E-state index in [0.29, 0.717) is 13.0 Å². The minimum atomic E-state index is -0.0487. The van der Waals surface area contributed by atoms with E-state index >= 15 is 0 Å². The third kappa shape index (κ3) is 7.48. The summed E-state index contributed by atoms with van der Waals surface area (Å²) in [5.74, 6) is 0.226. The molecule has 0 bridgehead atoms. The zero-order valence-corrected chi connectivity index (χ0v) is 16.1. The predicted octanol–water partition coefficient (Wildman–Crippen LogP) is 3.86. The molecule has 0 saturated carbocycles. The highest BCUT2D eigenvalue weighted by atomic mass is 32.1. The van der Waals surface area contributed by atoms with Gasteiger partial charge in [0, 0.05) is 18.7 Å². The van der Waals surface area contributed by atoms with Gasteiger partial charge in [0.2, 0.25) is 11.8 Å². The second-order valence-corrected chi connectivity index (χ2v) is 6.77. The van der Waals surface area contributed by atoms with Crippen LogP contribution in [0.3, 0.4) is 0 Å². The number of allylic oxidation sites excluding steroid dienone is 3. The van der Waals surface area contributed by atoms with Gasteiger partial charge in [-0.1, -0.05) is 42.8 Å². The molecule has 26 heavy (non-hydrogen) atoms. The zero-order valence-electron chi connectivity index (χ0n) is 15.2. The van der Waals surface area contributed by atoms with Crippen LogP contribution in [0.2, 0.25) is 0 Å². The van der Waals surface area contributed by atoms with Crippen LogP contribution in [-0.4, -0.2) is 24.1 Å². The maximum Gasteiger partial charge on any atom is 0.229 e. The average Bonchev–Trinajstić information content (AvgIpc) is 2.90. The summed E-state index contributed by atoms with van der Waals surface area (Å²) in [6, 6.07) is 10.3.